The number of likely N-dealkylation sites (N-methyl/N-ethyl adjacent to an activating group) is 1. The van der Waals surface area contributed by atoms with E-state index in [9.17, 15) is 13.5 Å². The molecule has 1 N–H and O–H groups in total. The third-order valence-electron chi connectivity index (χ3n) is 4.14. The monoisotopic (exact) mass is 294 g/mol. The molecular weight excluding hydrogens is 276 g/mol. The summed E-state index contributed by atoms with van der Waals surface area (Å²) in [6.45, 7) is 0. The minimum atomic E-state index is -3.59. The average molecular weight is 294 g/mol. The van der Waals surface area contributed by atoms with Gasteiger partial charge in [-0.15, -0.1) is 4.40 Å². The fourth-order valence-corrected chi connectivity index (χ4v) is 4.28. The van der Waals surface area contributed by atoms with Gasteiger partial charge in [0.15, 0.2) is 5.84 Å². The van der Waals surface area contributed by atoms with Crippen LogP contribution in [0.2, 0.25) is 0 Å². The highest BCUT2D eigenvalue weighted by Crippen LogP contribution is 2.30. The van der Waals surface area contributed by atoms with Crippen molar-refractivity contribution in [3.63, 3.8) is 0 Å². The van der Waals surface area contributed by atoms with Crippen molar-refractivity contribution in [3.05, 3.63) is 29.8 Å². The molecule has 6 heteroatoms. The molecule has 0 amide bonds. The van der Waals surface area contributed by atoms with Crippen molar-refractivity contribution in [1.29, 1.82) is 0 Å². The molecule has 0 bridgehead atoms. The number of benzene rings is 1. The van der Waals surface area contributed by atoms with Gasteiger partial charge in [0.1, 0.15) is 4.90 Å². The highest BCUT2D eigenvalue weighted by molar-refractivity contribution is 7.90. The molecule has 0 radical (unpaired) electrons. The summed E-state index contributed by atoms with van der Waals surface area (Å²) in [6.07, 6.45) is 3.27. The van der Waals surface area contributed by atoms with Crippen LogP contribution in [-0.4, -0.2) is 43.5 Å². The molecule has 1 aliphatic heterocycles. The lowest BCUT2D eigenvalue weighted by molar-refractivity contribution is 0.0597. The van der Waals surface area contributed by atoms with Gasteiger partial charge in [-0.2, -0.15) is 8.42 Å². The summed E-state index contributed by atoms with van der Waals surface area (Å²) < 4.78 is 28.0. The number of fused-ring (bicyclic) bond motifs is 1. The summed E-state index contributed by atoms with van der Waals surface area (Å²) in [5.74, 6) is 0.451. The van der Waals surface area contributed by atoms with Crippen molar-refractivity contribution in [3.8, 4) is 0 Å². The Labute approximate surface area is 119 Å². The summed E-state index contributed by atoms with van der Waals surface area (Å²) in [7, 11) is -1.78. The number of sulfonamides is 1. The summed E-state index contributed by atoms with van der Waals surface area (Å²) in [5, 5.41) is 10.1. The topological polar surface area (TPSA) is 70.0 Å². The third kappa shape index (κ3) is 2.13. The van der Waals surface area contributed by atoms with E-state index in [-0.39, 0.29) is 10.9 Å². The first-order valence-electron chi connectivity index (χ1n) is 6.86. The van der Waals surface area contributed by atoms with Crippen molar-refractivity contribution in [2.24, 2.45) is 4.40 Å². The largest absolute Gasteiger partial charge is 0.391 e. The molecule has 1 fully saturated rings. The standard InChI is InChI=1S/C14H18N2O3S/c1-16(11-7-3-4-8-12(11)17)14-10-6-2-5-9-13(10)20(18,19)15-14/h2,5-6,9,11-12,17H,3-4,7-8H2,1H3. The Morgan fingerprint density at radius 2 is 1.95 bits per heavy atom. The average Bonchev–Trinajstić information content (AvgIpc) is 2.71. The van der Waals surface area contributed by atoms with E-state index < -0.39 is 16.1 Å². The van der Waals surface area contributed by atoms with E-state index >= 15 is 0 Å². The third-order valence-corrected chi connectivity index (χ3v) is 5.46. The number of aliphatic hydroxyl groups is 1. The second-order valence-electron chi connectivity index (χ2n) is 5.42. The van der Waals surface area contributed by atoms with Crippen LogP contribution in [0.4, 0.5) is 0 Å². The van der Waals surface area contributed by atoms with E-state index in [1.807, 2.05) is 11.9 Å². The van der Waals surface area contributed by atoms with Crippen molar-refractivity contribution >= 4 is 15.9 Å². The molecule has 2 unspecified atom stereocenters. The van der Waals surface area contributed by atoms with Crippen molar-refractivity contribution < 1.29 is 13.5 Å². The Hall–Kier alpha value is -1.40. The Balaban J connectivity index is 1.99. The van der Waals surface area contributed by atoms with Crippen LogP contribution >= 0.6 is 0 Å². The lowest BCUT2D eigenvalue weighted by Gasteiger charge is -2.36. The molecular formula is C14H18N2O3S. The molecule has 1 saturated carbocycles. The molecule has 3 rings (SSSR count). The van der Waals surface area contributed by atoms with Gasteiger partial charge in [0.2, 0.25) is 0 Å². The second kappa shape index (κ2) is 4.86. The number of hydrogen-bond acceptors (Lipinski definition) is 4. The number of aliphatic hydroxyl groups excluding tert-OH is 1. The predicted octanol–water partition coefficient (Wildman–Crippen LogP) is 1.37. The molecule has 1 aromatic carbocycles. The molecule has 0 aromatic heterocycles. The zero-order chi connectivity index (χ0) is 14.3. The van der Waals surface area contributed by atoms with Crippen LogP contribution in [0, 0.1) is 0 Å². The quantitative estimate of drug-likeness (QED) is 0.849. The molecule has 1 aromatic rings. The van der Waals surface area contributed by atoms with Gasteiger partial charge in [-0.05, 0) is 25.0 Å². The minimum absolute atomic E-state index is 0.0659. The predicted molar refractivity (Wildman–Crippen MR) is 76.2 cm³/mol. The van der Waals surface area contributed by atoms with Crippen LogP contribution in [0.25, 0.3) is 0 Å². The zero-order valence-electron chi connectivity index (χ0n) is 11.4. The first-order chi connectivity index (χ1) is 9.50. The lowest BCUT2D eigenvalue weighted by atomic mass is 9.91. The van der Waals surface area contributed by atoms with Crippen LogP contribution in [0.15, 0.2) is 33.6 Å². The first kappa shape index (κ1) is 13.6. The SMILES string of the molecule is CN(C1=NS(=O)(=O)c2ccccc21)C1CCCCC1O. The maximum absolute atomic E-state index is 12.1. The van der Waals surface area contributed by atoms with Crippen LogP contribution < -0.4 is 0 Å². The van der Waals surface area contributed by atoms with Gasteiger partial charge < -0.3 is 10.0 Å². The highest BCUT2D eigenvalue weighted by Gasteiger charge is 2.35. The van der Waals surface area contributed by atoms with Crippen molar-refractivity contribution in [2.45, 2.75) is 42.7 Å². The zero-order valence-corrected chi connectivity index (χ0v) is 12.2. The maximum atomic E-state index is 12.1. The van der Waals surface area contributed by atoms with Crippen LogP contribution in [0.1, 0.15) is 31.2 Å². The molecule has 1 aliphatic carbocycles. The second-order valence-corrected chi connectivity index (χ2v) is 6.99. The lowest BCUT2D eigenvalue weighted by Crippen LogP contribution is -2.46. The molecule has 2 aliphatic rings. The first-order valence-corrected chi connectivity index (χ1v) is 8.30. The maximum Gasteiger partial charge on any atom is 0.285 e. The van der Waals surface area contributed by atoms with Gasteiger partial charge in [-0.3, -0.25) is 0 Å². The van der Waals surface area contributed by atoms with Crippen LogP contribution in [-0.2, 0) is 10.0 Å². The fraction of sp³-hybridized carbons (Fsp3) is 0.500. The number of nitrogens with zero attached hydrogens (tertiary/aromatic N) is 2. The van der Waals surface area contributed by atoms with E-state index in [1.54, 1.807) is 24.3 Å². The normalized spacial score (nSPS) is 27.8. The molecule has 0 spiro atoms. The minimum Gasteiger partial charge on any atom is -0.391 e. The van der Waals surface area contributed by atoms with Gasteiger partial charge in [-0.25, -0.2) is 0 Å². The molecule has 5 nitrogen and oxygen atoms in total. The van der Waals surface area contributed by atoms with E-state index in [1.165, 1.54) is 0 Å². The summed E-state index contributed by atoms with van der Waals surface area (Å²) in [4.78, 5) is 2.08. The van der Waals surface area contributed by atoms with Gasteiger partial charge in [0.25, 0.3) is 10.0 Å². The smallest absolute Gasteiger partial charge is 0.285 e. The number of amidine groups is 1. The van der Waals surface area contributed by atoms with Crippen LogP contribution in [0.3, 0.4) is 0 Å². The van der Waals surface area contributed by atoms with E-state index in [4.69, 9.17) is 0 Å². The Bertz CT molecular complexity index is 654. The van der Waals surface area contributed by atoms with Crippen molar-refractivity contribution in [2.75, 3.05) is 7.05 Å². The Kier molecular flexibility index (Phi) is 3.30. The van der Waals surface area contributed by atoms with Crippen LogP contribution in [0.5, 0.6) is 0 Å². The van der Waals surface area contributed by atoms with Gasteiger partial charge in [-0.1, -0.05) is 25.0 Å². The summed E-state index contributed by atoms with van der Waals surface area (Å²) in [6, 6.07) is 6.78. The summed E-state index contributed by atoms with van der Waals surface area (Å²) in [5.41, 5.74) is 0.632. The molecule has 108 valence electrons. The van der Waals surface area contributed by atoms with Gasteiger partial charge >= 0.3 is 0 Å². The van der Waals surface area contributed by atoms with E-state index in [2.05, 4.69) is 4.40 Å². The molecule has 0 saturated heterocycles. The fourth-order valence-electron chi connectivity index (χ4n) is 3.04. The van der Waals surface area contributed by atoms with E-state index in [0.29, 0.717) is 11.4 Å². The molecule has 2 atom stereocenters. The van der Waals surface area contributed by atoms with Gasteiger partial charge in [0, 0.05) is 12.6 Å². The summed E-state index contributed by atoms with van der Waals surface area (Å²) >= 11 is 0. The number of rotatable bonds is 1. The van der Waals surface area contributed by atoms with Crippen molar-refractivity contribution in [1.82, 2.24) is 4.90 Å². The van der Waals surface area contributed by atoms with Gasteiger partial charge in [0.05, 0.1) is 12.1 Å². The number of hydrogen-bond donors (Lipinski definition) is 1. The Morgan fingerprint density at radius 3 is 2.70 bits per heavy atom. The molecule has 20 heavy (non-hydrogen) atoms. The highest BCUT2D eigenvalue weighted by atomic mass is 32.2. The molecule has 1 heterocycles. The Morgan fingerprint density at radius 1 is 1.25 bits per heavy atom. The van der Waals surface area contributed by atoms with E-state index in [0.717, 1.165) is 25.7 Å².